The maximum absolute atomic E-state index is 14.2. The SMILES string of the molecule is NC(=O)C(=O)C(CC1CC1)NP=C[C@@H]1CCCN1C(=O)C(NC(=O)NC1(C(=O)OCC2CC2)CCCCC1)C1CCCCC1. The zero-order valence-corrected chi connectivity index (χ0v) is 26.8. The molecule has 1 heterocycles. The summed E-state index contributed by atoms with van der Waals surface area (Å²) in [6.07, 6.45) is 15.2. The summed E-state index contributed by atoms with van der Waals surface area (Å²) < 4.78 is 5.67. The van der Waals surface area contributed by atoms with Crippen LogP contribution in [-0.4, -0.2) is 77.1 Å². The molecule has 5 fully saturated rings. The van der Waals surface area contributed by atoms with E-state index < -0.39 is 35.3 Å². The van der Waals surface area contributed by atoms with Gasteiger partial charge in [0.25, 0.3) is 5.91 Å². The highest BCUT2D eigenvalue weighted by atomic mass is 31.1. The highest BCUT2D eigenvalue weighted by Gasteiger charge is 2.45. The maximum atomic E-state index is 14.2. The monoisotopic (exact) mass is 631 g/mol. The number of esters is 1. The summed E-state index contributed by atoms with van der Waals surface area (Å²) >= 11 is 0. The van der Waals surface area contributed by atoms with E-state index in [-0.39, 0.29) is 23.8 Å². The van der Waals surface area contributed by atoms with Crippen LogP contribution >= 0.6 is 8.35 Å². The molecule has 3 atom stereocenters. The average molecular weight is 632 g/mol. The summed E-state index contributed by atoms with van der Waals surface area (Å²) in [5.41, 5.74) is 4.24. The Labute approximate surface area is 262 Å². The van der Waals surface area contributed by atoms with E-state index in [1.165, 1.54) is 0 Å². The Kier molecular flexibility index (Phi) is 11.3. The van der Waals surface area contributed by atoms with E-state index in [4.69, 9.17) is 10.5 Å². The number of primary amides is 1. The maximum Gasteiger partial charge on any atom is 0.331 e. The third-order valence-electron chi connectivity index (χ3n) is 10.2. The first-order chi connectivity index (χ1) is 21.3. The normalized spacial score (nSPS) is 25.3. The number of hydrogen-bond donors (Lipinski definition) is 4. The molecule has 4 saturated carbocycles. The van der Waals surface area contributed by atoms with Gasteiger partial charge in [-0.25, -0.2) is 9.59 Å². The third-order valence-corrected chi connectivity index (χ3v) is 11.1. The lowest BCUT2D eigenvalue weighted by molar-refractivity contribution is -0.153. The van der Waals surface area contributed by atoms with Gasteiger partial charge in [0.15, 0.2) is 0 Å². The highest BCUT2D eigenvalue weighted by molar-refractivity contribution is 7.36. The molecule has 0 radical (unpaired) electrons. The Hall–Kier alpha value is -2.52. The summed E-state index contributed by atoms with van der Waals surface area (Å²) in [4.78, 5) is 66.8. The van der Waals surface area contributed by atoms with Crippen LogP contribution in [0.4, 0.5) is 4.79 Å². The number of ether oxygens (including phenoxy) is 1. The fourth-order valence-electron chi connectivity index (χ4n) is 7.09. The predicted octanol–water partition coefficient (Wildman–Crippen LogP) is 3.36. The van der Waals surface area contributed by atoms with Crippen molar-refractivity contribution in [3.05, 3.63) is 0 Å². The summed E-state index contributed by atoms with van der Waals surface area (Å²) in [5.74, 6) is 0.904. The fourth-order valence-corrected chi connectivity index (χ4v) is 8.06. The lowest BCUT2D eigenvalue weighted by atomic mass is 9.81. The van der Waals surface area contributed by atoms with Gasteiger partial charge in [-0.1, -0.05) is 51.4 Å². The second kappa shape index (κ2) is 15.2. The van der Waals surface area contributed by atoms with Crippen molar-refractivity contribution in [2.24, 2.45) is 23.5 Å². The molecule has 44 heavy (non-hydrogen) atoms. The van der Waals surface area contributed by atoms with Gasteiger partial charge in [0.1, 0.15) is 11.6 Å². The van der Waals surface area contributed by atoms with Crippen LogP contribution in [0.15, 0.2) is 0 Å². The van der Waals surface area contributed by atoms with Gasteiger partial charge in [-0.2, -0.15) is 0 Å². The largest absolute Gasteiger partial charge is 0.464 e. The second-order valence-electron chi connectivity index (χ2n) is 13.8. The number of Topliss-reactive ketones (excluding diaryl/α,β-unsaturated/α-hetero) is 1. The molecule has 2 unspecified atom stereocenters. The van der Waals surface area contributed by atoms with E-state index in [9.17, 15) is 24.0 Å². The molecule has 4 amide bonds. The zero-order chi connectivity index (χ0) is 31.1. The molecular formula is C32H50N5O6P. The van der Waals surface area contributed by atoms with Gasteiger partial charge >= 0.3 is 12.0 Å². The van der Waals surface area contributed by atoms with Crippen LogP contribution in [0, 0.1) is 17.8 Å². The smallest absolute Gasteiger partial charge is 0.331 e. The number of hydrogen-bond acceptors (Lipinski definition) is 7. The molecule has 1 aliphatic heterocycles. The number of rotatable bonds is 14. The third kappa shape index (κ3) is 8.81. The van der Waals surface area contributed by atoms with E-state index in [2.05, 4.69) is 15.7 Å². The van der Waals surface area contributed by atoms with Crippen molar-refractivity contribution in [2.45, 2.75) is 133 Å². The van der Waals surface area contributed by atoms with Gasteiger partial charge in [0.2, 0.25) is 11.7 Å². The zero-order valence-electron chi connectivity index (χ0n) is 25.9. The molecule has 0 aromatic heterocycles. The van der Waals surface area contributed by atoms with E-state index in [0.29, 0.717) is 52.6 Å². The first kappa shape index (κ1) is 32.9. The van der Waals surface area contributed by atoms with Crippen molar-refractivity contribution in [2.75, 3.05) is 13.2 Å². The van der Waals surface area contributed by atoms with Crippen molar-refractivity contribution in [3.8, 4) is 0 Å². The van der Waals surface area contributed by atoms with Gasteiger partial charge in [0.05, 0.1) is 18.7 Å². The molecule has 12 heteroatoms. The van der Waals surface area contributed by atoms with Crippen molar-refractivity contribution in [1.29, 1.82) is 0 Å². The first-order valence-corrected chi connectivity index (χ1v) is 17.9. The Morgan fingerprint density at radius 1 is 0.886 bits per heavy atom. The molecule has 0 aromatic rings. The van der Waals surface area contributed by atoms with Crippen LogP contribution in [0.25, 0.3) is 0 Å². The molecule has 5 N–H and O–H groups in total. The number of carbonyl (C=O) groups is 5. The minimum atomic E-state index is -1.05. The van der Waals surface area contributed by atoms with Gasteiger partial charge in [-0.3, -0.25) is 19.5 Å². The lowest BCUT2D eigenvalue weighted by Gasteiger charge is -2.38. The van der Waals surface area contributed by atoms with E-state index in [0.717, 1.165) is 89.9 Å². The van der Waals surface area contributed by atoms with E-state index in [1.807, 2.05) is 10.7 Å². The second-order valence-corrected chi connectivity index (χ2v) is 14.6. The highest BCUT2D eigenvalue weighted by Crippen LogP contribution is 2.35. The van der Waals surface area contributed by atoms with E-state index >= 15 is 0 Å². The van der Waals surface area contributed by atoms with Crippen molar-refractivity contribution >= 4 is 43.7 Å². The van der Waals surface area contributed by atoms with Gasteiger partial charge in [-0.15, -0.1) is 0 Å². The van der Waals surface area contributed by atoms with Crippen molar-refractivity contribution in [3.63, 3.8) is 0 Å². The summed E-state index contributed by atoms with van der Waals surface area (Å²) in [6, 6.07) is -1.94. The van der Waals surface area contributed by atoms with Crippen LogP contribution in [0.5, 0.6) is 0 Å². The fraction of sp³-hybridized carbons (Fsp3) is 0.812. The minimum absolute atomic E-state index is 0.0270. The number of likely N-dealkylation sites (tertiary alicyclic amines) is 1. The average Bonchev–Trinajstić information content (AvgIpc) is 3.97. The number of carbonyl (C=O) groups excluding carboxylic acids is 5. The van der Waals surface area contributed by atoms with Crippen LogP contribution < -0.4 is 21.5 Å². The number of nitrogens with two attached hydrogens (primary N) is 1. The van der Waals surface area contributed by atoms with Crippen LogP contribution in [0.1, 0.15) is 109 Å². The molecular weight excluding hydrogens is 581 g/mol. The predicted molar refractivity (Wildman–Crippen MR) is 168 cm³/mol. The summed E-state index contributed by atoms with van der Waals surface area (Å²) in [5, 5.41) is 9.22. The van der Waals surface area contributed by atoms with E-state index in [1.54, 1.807) is 0 Å². The lowest BCUT2D eigenvalue weighted by Crippen LogP contribution is -2.62. The molecule has 5 aliphatic rings. The Bertz CT molecular complexity index is 1100. The number of urea groups is 1. The number of nitrogens with one attached hydrogen (secondary N) is 3. The van der Waals surface area contributed by atoms with Gasteiger partial charge in [-0.05, 0) is 89.7 Å². The van der Waals surface area contributed by atoms with Crippen LogP contribution in [0.2, 0.25) is 0 Å². The van der Waals surface area contributed by atoms with Crippen LogP contribution in [-0.2, 0) is 23.9 Å². The van der Waals surface area contributed by atoms with Crippen molar-refractivity contribution < 1.29 is 28.7 Å². The molecule has 4 aliphatic carbocycles. The molecule has 1 saturated heterocycles. The molecule has 11 nitrogen and oxygen atoms in total. The molecule has 0 spiro atoms. The number of nitrogens with zero attached hydrogens (tertiary/aromatic N) is 1. The quantitative estimate of drug-likeness (QED) is 0.130. The topological polar surface area (TPSA) is 160 Å². The molecule has 244 valence electrons. The summed E-state index contributed by atoms with van der Waals surface area (Å²) in [7, 11) is 0.664. The number of amides is 4. The standard InChI is InChI=1S/C32H50N5O6P/c33-28(39)27(38)25(18-21-11-12-21)36-44-20-24-10-7-17-37(24)29(40)26(23-8-3-1-4-9-23)34-31(42)35-32(15-5-2-6-16-32)30(41)43-19-22-13-14-22/h20-26,36H,1-19H2,(H2,33,39)(H2,34,35,42)/t24-,25?,26?/m0/s1. The number of ketones is 1. The van der Waals surface area contributed by atoms with Gasteiger partial charge < -0.3 is 26.0 Å². The molecule has 0 bridgehead atoms. The summed E-state index contributed by atoms with van der Waals surface area (Å²) in [6.45, 7) is 0.997. The minimum Gasteiger partial charge on any atom is -0.464 e. The molecule has 5 rings (SSSR count). The molecule has 0 aromatic carbocycles. The Balaban J connectivity index is 1.25. The van der Waals surface area contributed by atoms with Crippen molar-refractivity contribution in [1.82, 2.24) is 20.6 Å². The van der Waals surface area contributed by atoms with Crippen LogP contribution in [0.3, 0.4) is 0 Å². The van der Waals surface area contributed by atoms with Gasteiger partial charge in [0, 0.05) is 6.54 Å². The Morgan fingerprint density at radius 2 is 1.57 bits per heavy atom. The Morgan fingerprint density at radius 3 is 2.23 bits per heavy atom. The first-order valence-electron chi connectivity index (χ1n) is 16.9.